The van der Waals surface area contributed by atoms with Gasteiger partial charge in [-0.1, -0.05) is 23.9 Å². The Morgan fingerprint density at radius 2 is 1.96 bits per heavy atom. The van der Waals surface area contributed by atoms with Crippen molar-refractivity contribution in [2.45, 2.75) is 18.9 Å². The van der Waals surface area contributed by atoms with Gasteiger partial charge in [0.05, 0.1) is 12.9 Å². The van der Waals surface area contributed by atoms with Crippen molar-refractivity contribution in [2.24, 2.45) is 0 Å². The average molecular weight is 402 g/mol. The van der Waals surface area contributed by atoms with Crippen LogP contribution in [0.5, 0.6) is 5.75 Å². The molecule has 0 aliphatic carbocycles. The number of nitrogens with zero attached hydrogens (tertiary/aromatic N) is 2. The van der Waals surface area contributed by atoms with Crippen molar-refractivity contribution in [3.05, 3.63) is 40.2 Å². The van der Waals surface area contributed by atoms with Crippen LogP contribution in [-0.4, -0.2) is 58.8 Å². The molecule has 8 nitrogen and oxygen atoms in total. The zero-order valence-corrected chi connectivity index (χ0v) is 16.0. The first-order valence-corrected chi connectivity index (χ1v) is 9.87. The summed E-state index contributed by atoms with van der Waals surface area (Å²) in [5.41, 5.74) is -0.456. The number of piperidine rings is 1. The maximum absolute atomic E-state index is 12.9. The zero-order valence-electron chi connectivity index (χ0n) is 15.2. The lowest BCUT2D eigenvalue weighted by molar-refractivity contribution is -0.126. The van der Waals surface area contributed by atoms with Crippen LogP contribution in [0.2, 0.25) is 0 Å². The van der Waals surface area contributed by atoms with Crippen LogP contribution in [0.1, 0.15) is 23.2 Å². The Bertz CT molecular complexity index is 1010. The molecule has 2 saturated heterocycles. The largest absolute Gasteiger partial charge is 0.493 e. The van der Waals surface area contributed by atoms with E-state index < -0.39 is 11.5 Å². The number of para-hydroxylation sites is 1. The molecule has 146 valence electrons. The summed E-state index contributed by atoms with van der Waals surface area (Å²) >= 11 is 1.01. The SMILES string of the molecule is COc1cccc2cc(C(=O)N3CCC(N4C(=O)CSC4=O)CC3)c(=O)oc12. The van der Waals surface area contributed by atoms with Crippen LogP contribution in [-0.2, 0) is 4.79 Å². The molecule has 2 fully saturated rings. The molecule has 28 heavy (non-hydrogen) atoms. The lowest BCUT2D eigenvalue weighted by atomic mass is 10.0. The van der Waals surface area contributed by atoms with E-state index in [4.69, 9.17) is 9.15 Å². The molecule has 0 radical (unpaired) electrons. The summed E-state index contributed by atoms with van der Waals surface area (Å²) in [5.74, 6) is 0.0149. The average Bonchev–Trinajstić information content (AvgIpc) is 3.05. The van der Waals surface area contributed by atoms with Gasteiger partial charge >= 0.3 is 5.63 Å². The van der Waals surface area contributed by atoms with Crippen molar-refractivity contribution in [1.29, 1.82) is 0 Å². The molecule has 3 heterocycles. The van der Waals surface area contributed by atoms with Crippen molar-refractivity contribution in [3.63, 3.8) is 0 Å². The van der Waals surface area contributed by atoms with Gasteiger partial charge in [0.1, 0.15) is 5.56 Å². The second-order valence-electron chi connectivity index (χ2n) is 6.67. The van der Waals surface area contributed by atoms with Crippen molar-refractivity contribution in [1.82, 2.24) is 9.80 Å². The van der Waals surface area contributed by atoms with Gasteiger partial charge in [0, 0.05) is 24.5 Å². The standard InChI is InChI=1S/C19H18N2O6S/c1-26-14-4-2-3-11-9-13(18(24)27-16(11)14)17(23)20-7-5-12(6-8-20)21-15(22)10-28-19(21)25/h2-4,9,12H,5-8,10H2,1H3. The first-order chi connectivity index (χ1) is 13.5. The van der Waals surface area contributed by atoms with Crippen LogP contribution in [0.15, 0.2) is 33.5 Å². The molecule has 0 atom stereocenters. The summed E-state index contributed by atoms with van der Waals surface area (Å²) in [6.07, 6.45) is 0.993. The second-order valence-corrected chi connectivity index (χ2v) is 7.59. The Morgan fingerprint density at radius 1 is 1.21 bits per heavy atom. The highest BCUT2D eigenvalue weighted by atomic mass is 32.2. The smallest absolute Gasteiger partial charge is 0.349 e. The van der Waals surface area contributed by atoms with E-state index in [1.54, 1.807) is 23.1 Å². The molecule has 0 N–H and O–H groups in total. The minimum atomic E-state index is -0.717. The van der Waals surface area contributed by atoms with E-state index in [0.29, 0.717) is 42.6 Å². The van der Waals surface area contributed by atoms with E-state index in [-0.39, 0.29) is 28.5 Å². The number of carbonyl (C=O) groups excluding carboxylic acids is 3. The van der Waals surface area contributed by atoms with Crippen LogP contribution in [0.4, 0.5) is 4.79 Å². The summed E-state index contributed by atoms with van der Waals surface area (Å²) in [6, 6.07) is 6.49. The fourth-order valence-electron chi connectivity index (χ4n) is 3.64. The van der Waals surface area contributed by atoms with Crippen molar-refractivity contribution in [2.75, 3.05) is 26.0 Å². The number of likely N-dealkylation sites (tertiary alicyclic amines) is 1. The number of hydrogen-bond donors (Lipinski definition) is 0. The number of thioether (sulfide) groups is 1. The van der Waals surface area contributed by atoms with E-state index in [1.807, 2.05) is 0 Å². The van der Waals surface area contributed by atoms with Crippen LogP contribution in [0.25, 0.3) is 11.0 Å². The molecule has 2 aromatic rings. The number of hydrogen-bond acceptors (Lipinski definition) is 7. The maximum Gasteiger partial charge on any atom is 0.349 e. The van der Waals surface area contributed by atoms with Gasteiger partial charge in [-0.25, -0.2) is 4.79 Å². The maximum atomic E-state index is 12.9. The number of fused-ring (bicyclic) bond motifs is 1. The molecule has 0 spiro atoms. The van der Waals surface area contributed by atoms with Gasteiger partial charge in [-0.2, -0.15) is 0 Å². The summed E-state index contributed by atoms with van der Waals surface area (Å²) in [4.78, 5) is 51.9. The molecule has 1 aromatic carbocycles. The van der Waals surface area contributed by atoms with Gasteiger partial charge < -0.3 is 14.1 Å². The molecule has 9 heteroatoms. The normalized spacial score (nSPS) is 18.2. The highest BCUT2D eigenvalue weighted by molar-refractivity contribution is 8.14. The Morgan fingerprint density at radius 3 is 2.61 bits per heavy atom. The second kappa shape index (κ2) is 7.31. The van der Waals surface area contributed by atoms with Crippen molar-refractivity contribution in [3.8, 4) is 5.75 Å². The minimum absolute atomic E-state index is 0.0388. The zero-order chi connectivity index (χ0) is 19.8. The van der Waals surface area contributed by atoms with Crippen LogP contribution in [0, 0.1) is 0 Å². The first-order valence-electron chi connectivity index (χ1n) is 8.88. The number of imide groups is 1. The van der Waals surface area contributed by atoms with Gasteiger partial charge in [0.15, 0.2) is 11.3 Å². The van der Waals surface area contributed by atoms with E-state index >= 15 is 0 Å². The van der Waals surface area contributed by atoms with Gasteiger partial charge in [-0.05, 0) is 25.0 Å². The third-order valence-corrected chi connectivity index (χ3v) is 5.91. The van der Waals surface area contributed by atoms with E-state index in [2.05, 4.69) is 0 Å². The Kier molecular flexibility index (Phi) is 4.84. The van der Waals surface area contributed by atoms with Crippen LogP contribution < -0.4 is 10.4 Å². The third kappa shape index (κ3) is 3.15. The molecule has 4 rings (SSSR count). The van der Waals surface area contributed by atoms with Gasteiger partial charge in [-0.15, -0.1) is 0 Å². The van der Waals surface area contributed by atoms with Crippen molar-refractivity contribution >= 4 is 39.8 Å². The molecule has 2 aliphatic rings. The Balaban J connectivity index is 1.53. The van der Waals surface area contributed by atoms with Gasteiger partial charge in [-0.3, -0.25) is 19.3 Å². The number of benzene rings is 1. The molecular weight excluding hydrogens is 384 g/mol. The fourth-order valence-corrected chi connectivity index (χ4v) is 4.42. The summed E-state index contributed by atoms with van der Waals surface area (Å²) < 4.78 is 10.5. The number of rotatable bonds is 3. The first kappa shape index (κ1) is 18.5. The van der Waals surface area contributed by atoms with Gasteiger partial charge in [0.25, 0.3) is 11.1 Å². The third-order valence-electron chi connectivity index (χ3n) is 5.08. The number of carbonyl (C=O) groups is 3. The highest BCUT2D eigenvalue weighted by Crippen LogP contribution is 2.28. The highest BCUT2D eigenvalue weighted by Gasteiger charge is 2.38. The molecule has 3 amide bonds. The monoisotopic (exact) mass is 402 g/mol. The lowest BCUT2D eigenvalue weighted by Gasteiger charge is -2.35. The van der Waals surface area contributed by atoms with E-state index in [0.717, 1.165) is 11.8 Å². The number of methoxy groups -OCH3 is 1. The molecule has 0 saturated carbocycles. The summed E-state index contributed by atoms with van der Waals surface area (Å²) in [5, 5.41) is 0.376. The molecule has 0 bridgehead atoms. The Labute approximate surface area is 164 Å². The van der Waals surface area contributed by atoms with E-state index in [1.165, 1.54) is 18.1 Å². The van der Waals surface area contributed by atoms with Crippen molar-refractivity contribution < 1.29 is 23.5 Å². The minimum Gasteiger partial charge on any atom is -0.493 e. The number of amides is 3. The topological polar surface area (TPSA) is 97.1 Å². The molecule has 2 aliphatic heterocycles. The molecular formula is C19H18N2O6S. The number of ether oxygens (including phenoxy) is 1. The predicted molar refractivity (Wildman–Crippen MR) is 103 cm³/mol. The fraction of sp³-hybridized carbons (Fsp3) is 0.368. The lowest BCUT2D eigenvalue weighted by Crippen LogP contribution is -2.48. The van der Waals surface area contributed by atoms with Crippen LogP contribution >= 0.6 is 11.8 Å². The predicted octanol–water partition coefficient (Wildman–Crippen LogP) is 2.10. The molecule has 0 unspecified atom stereocenters. The van der Waals surface area contributed by atoms with E-state index in [9.17, 15) is 19.2 Å². The van der Waals surface area contributed by atoms with Crippen LogP contribution in [0.3, 0.4) is 0 Å². The summed E-state index contributed by atoms with van der Waals surface area (Å²) in [7, 11) is 1.48. The summed E-state index contributed by atoms with van der Waals surface area (Å²) in [6.45, 7) is 0.724. The molecule has 1 aromatic heterocycles. The quantitative estimate of drug-likeness (QED) is 0.725. The Hall–Kier alpha value is -2.81. The van der Waals surface area contributed by atoms with Gasteiger partial charge in [0.2, 0.25) is 5.91 Å².